The monoisotopic (exact) mass is 434 g/mol. The first-order valence-corrected chi connectivity index (χ1v) is 11.0. The third kappa shape index (κ3) is 4.59. The topological polar surface area (TPSA) is 104 Å². The average molecular weight is 435 g/mol. The molecule has 166 valence electrons. The van der Waals surface area contributed by atoms with Crippen molar-refractivity contribution in [1.29, 1.82) is 0 Å². The molecule has 2 aliphatic rings. The summed E-state index contributed by atoms with van der Waals surface area (Å²) in [6.45, 7) is 5.11. The van der Waals surface area contributed by atoms with Crippen molar-refractivity contribution in [1.82, 2.24) is 34.9 Å². The fourth-order valence-electron chi connectivity index (χ4n) is 4.37. The second-order valence-electron chi connectivity index (χ2n) is 8.18. The molecule has 0 aliphatic carbocycles. The molecule has 2 fully saturated rings. The first-order chi connectivity index (χ1) is 15.8. The Morgan fingerprint density at radius 3 is 2.59 bits per heavy atom. The number of hydrogen-bond acceptors (Lipinski definition) is 9. The molecule has 0 unspecified atom stereocenters. The second-order valence-corrected chi connectivity index (χ2v) is 8.18. The van der Waals surface area contributed by atoms with Gasteiger partial charge in [0.2, 0.25) is 23.6 Å². The van der Waals surface area contributed by atoms with Gasteiger partial charge in [0.05, 0.1) is 12.5 Å². The SMILES string of the molecule is O=C([C@H]1CCCN(Cc2nc(-c3ccncc3)no2)C1)N1CCN(c2ncccn2)CC1. The van der Waals surface area contributed by atoms with Gasteiger partial charge in [-0.05, 0) is 37.6 Å². The van der Waals surface area contributed by atoms with Crippen LogP contribution in [-0.4, -0.2) is 80.1 Å². The van der Waals surface area contributed by atoms with Gasteiger partial charge in [-0.2, -0.15) is 4.98 Å². The molecule has 0 aromatic carbocycles. The number of anilines is 1. The number of carbonyl (C=O) groups excluding carboxylic acids is 1. The van der Waals surface area contributed by atoms with Crippen molar-refractivity contribution in [2.45, 2.75) is 19.4 Å². The van der Waals surface area contributed by atoms with E-state index in [9.17, 15) is 4.79 Å². The van der Waals surface area contributed by atoms with Gasteiger partial charge in [-0.1, -0.05) is 5.16 Å². The van der Waals surface area contributed by atoms with Gasteiger partial charge >= 0.3 is 0 Å². The summed E-state index contributed by atoms with van der Waals surface area (Å²) in [7, 11) is 0. The maximum absolute atomic E-state index is 13.2. The zero-order valence-corrected chi connectivity index (χ0v) is 17.9. The lowest BCUT2D eigenvalue weighted by atomic mass is 9.96. The number of hydrogen-bond donors (Lipinski definition) is 0. The van der Waals surface area contributed by atoms with Gasteiger partial charge in [0.25, 0.3) is 0 Å². The van der Waals surface area contributed by atoms with Gasteiger partial charge in [-0.25, -0.2) is 9.97 Å². The van der Waals surface area contributed by atoms with Crippen LogP contribution < -0.4 is 4.90 Å². The minimum absolute atomic E-state index is 0.00543. The van der Waals surface area contributed by atoms with Crippen molar-refractivity contribution in [3.8, 4) is 11.4 Å². The summed E-state index contributed by atoms with van der Waals surface area (Å²) in [5, 5.41) is 4.08. The zero-order chi connectivity index (χ0) is 21.8. The molecule has 10 nitrogen and oxygen atoms in total. The van der Waals surface area contributed by atoms with Crippen LogP contribution in [0, 0.1) is 5.92 Å². The summed E-state index contributed by atoms with van der Waals surface area (Å²) in [5.41, 5.74) is 0.877. The van der Waals surface area contributed by atoms with Crippen LogP contribution in [0.3, 0.4) is 0 Å². The van der Waals surface area contributed by atoms with Crippen molar-refractivity contribution < 1.29 is 9.32 Å². The van der Waals surface area contributed by atoms with Gasteiger partial charge in [0.1, 0.15) is 0 Å². The number of piperidine rings is 1. The number of pyridine rings is 1. The van der Waals surface area contributed by atoms with Crippen molar-refractivity contribution in [2.24, 2.45) is 5.92 Å². The van der Waals surface area contributed by atoms with E-state index < -0.39 is 0 Å². The molecular formula is C22H26N8O2. The van der Waals surface area contributed by atoms with E-state index in [0.717, 1.165) is 44.0 Å². The highest BCUT2D eigenvalue weighted by molar-refractivity contribution is 5.79. The van der Waals surface area contributed by atoms with E-state index in [1.807, 2.05) is 23.1 Å². The van der Waals surface area contributed by atoms with Gasteiger partial charge < -0.3 is 14.3 Å². The number of nitrogens with zero attached hydrogens (tertiary/aromatic N) is 8. The summed E-state index contributed by atoms with van der Waals surface area (Å²) in [4.78, 5) is 36.7. The molecule has 2 aliphatic heterocycles. The van der Waals surface area contributed by atoms with Crippen LogP contribution in [0.4, 0.5) is 5.95 Å². The van der Waals surface area contributed by atoms with Crippen LogP contribution in [0.5, 0.6) is 0 Å². The standard InChI is InChI=1S/C22H26N8O2/c31-21(29-11-13-30(14-12-29)22-24-6-2-7-25-22)18-3-1-10-28(15-18)16-19-26-20(27-32-19)17-4-8-23-9-5-17/h2,4-9,18H,1,3,10-16H2/t18-/m0/s1. The number of aromatic nitrogens is 5. The molecule has 1 atom stereocenters. The molecule has 2 saturated heterocycles. The van der Waals surface area contributed by atoms with Crippen molar-refractivity contribution in [3.05, 3.63) is 48.9 Å². The molecule has 1 amide bonds. The number of piperazine rings is 1. The smallest absolute Gasteiger partial charge is 0.241 e. The molecule has 0 radical (unpaired) electrons. The van der Waals surface area contributed by atoms with Gasteiger partial charge in [-0.3, -0.25) is 14.7 Å². The summed E-state index contributed by atoms with van der Waals surface area (Å²) < 4.78 is 5.45. The van der Waals surface area contributed by atoms with Crippen molar-refractivity contribution >= 4 is 11.9 Å². The minimum Gasteiger partial charge on any atom is -0.339 e. The van der Waals surface area contributed by atoms with E-state index >= 15 is 0 Å². The van der Waals surface area contributed by atoms with Crippen LogP contribution >= 0.6 is 0 Å². The third-order valence-electron chi connectivity index (χ3n) is 6.05. The fourth-order valence-corrected chi connectivity index (χ4v) is 4.37. The highest BCUT2D eigenvalue weighted by atomic mass is 16.5. The van der Waals surface area contributed by atoms with Gasteiger partial charge in [-0.15, -0.1) is 0 Å². The van der Waals surface area contributed by atoms with Crippen LogP contribution in [0.1, 0.15) is 18.7 Å². The predicted molar refractivity (Wildman–Crippen MR) is 116 cm³/mol. The Kier molecular flexibility index (Phi) is 6.02. The predicted octanol–water partition coefficient (Wildman–Crippen LogP) is 1.48. The van der Waals surface area contributed by atoms with Gasteiger partial charge in [0.15, 0.2) is 0 Å². The van der Waals surface area contributed by atoms with E-state index in [-0.39, 0.29) is 11.8 Å². The molecule has 0 saturated carbocycles. The van der Waals surface area contributed by atoms with E-state index in [4.69, 9.17) is 4.52 Å². The highest BCUT2D eigenvalue weighted by Gasteiger charge is 2.32. The first kappa shape index (κ1) is 20.5. The van der Waals surface area contributed by atoms with Crippen LogP contribution in [0.25, 0.3) is 11.4 Å². The number of rotatable bonds is 5. The van der Waals surface area contributed by atoms with Crippen LogP contribution in [0.2, 0.25) is 0 Å². The minimum atomic E-state index is 0.00543. The molecule has 3 aromatic heterocycles. The molecule has 5 rings (SSSR count). The van der Waals surface area contributed by atoms with Crippen molar-refractivity contribution in [2.75, 3.05) is 44.2 Å². The fraction of sp³-hybridized carbons (Fsp3) is 0.455. The number of carbonyl (C=O) groups is 1. The molecule has 5 heterocycles. The molecule has 32 heavy (non-hydrogen) atoms. The van der Waals surface area contributed by atoms with E-state index in [1.165, 1.54) is 0 Å². The zero-order valence-electron chi connectivity index (χ0n) is 17.9. The Bertz CT molecular complexity index is 1020. The summed E-state index contributed by atoms with van der Waals surface area (Å²) in [6, 6.07) is 5.52. The molecule has 3 aromatic rings. The maximum Gasteiger partial charge on any atom is 0.241 e. The van der Waals surface area contributed by atoms with E-state index in [0.29, 0.717) is 37.9 Å². The Labute approximate surface area is 186 Å². The third-order valence-corrected chi connectivity index (χ3v) is 6.05. The number of amides is 1. The Morgan fingerprint density at radius 1 is 1.03 bits per heavy atom. The number of likely N-dealkylation sites (tertiary alicyclic amines) is 1. The largest absolute Gasteiger partial charge is 0.339 e. The normalized spacial score (nSPS) is 19.8. The van der Waals surface area contributed by atoms with E-state index in [1.54, 1.807) is 24.8 Å². The molecule has 0 N–H and O–H groups in total. The summed E-state index contributed by atoms with van der Waals surface area (Å²) in [6.07, 6.45) is 8.82. The van der Waals surface area contributed by atoms with E-state index in [2.05, 4.69) is 34.9 Å². The Hall–Kier alpha value is -3.40. The van der Waals surface area contributed by atoms with Crippen LogP contribution in [-0.2, 0) is 11.3 Å². The maximum atomic E-state index is 13.2. The van der Waals surface area contributed by atoms with Gasteiger partial charge in [0, 0.05) is 63.1 Å². The molecule has 0 bridgehead atoms. The Balaban J connectivity index is 1.15. The molecule has 10 heteroatoms. The highest BCUT2D eigenvalue weighted by Crippen LogP contribution is 2.22. The lowest BCUT2D eigenvalue weighted by Gasteiger charge is -2.38. The first-order valence-electron chi connectivity index (χ1n) is 11.0. The molecule has 0 spiro atoms. The average Bonchev–Trinajstić information content (AvgIpc) is 3.33. The molecular weight excluding hydrogens is 408 g/mol. The summed E-state index contributed by atoms with van der Waals surface area (Å²) >= 11 is 0. The Morgan fingerprint density at radius 2 is 1.81 bits per heavy atom. The second kappa shape index (κ2) is 9.39. The lowest BCUT2D eigenvalue weighted by Crippen LogP contribution is -2.52. The van der Waals surface area contributed by atoms with Crippen LogP contribution in [0.15, 0.2) is 47.5 Å². The lowest BCUT2D eigenvalue weighted by molar-refractivity contribution is -0.137. The van der Waals surface area contributed by atoms with Crippen molar-refractivity contribution in [3.63, 3.8) is 0 Å². The quantitative estimate of drug-likeness (QED) is 0.590. The summed E-state index contributed by atoms with van der Waals surface area (Å²) in [5.74, 6) is 2.11.